The highest BCUT2D eigenvalue weighted by molar-refractivity contribution is 6.04. The maximum Gasteiger partial charge on any atom is 0.275 e. The summed E-state index contributed by atoms with van der Waals surface area (Å²) >= 11 is 0. The molecule has 3 N–H and O–H groups in total. The zero-order chi connectivity index (χ0) is 15.2. The Morgan fingerprint density at radius 1 is 1.43 bits per heavy atom. The zero-order valence-electron chi connectivity index (χ0n) is 11.5. The van der Waals surface area contributed by atoms with Crippen LogP contribution in [-0.4, -0.2) is 17.4 Å². The molecular formula is C16H14FN3O. The first-order valence-corrected chi connectivity index (χ1v) is 6.33. The number of amides is 1. The fourth-order valence-electron chi connectivity index (χ4n) is 1.74. The van der Waals surface area contributed by atoms with Crippen molar-refractivity contribution < 1.29 is 9.18 Å². The minimum Gasteiger partial charge on any atom is -0.320 e. The van der Waals surface area contributed by atoms with Gasteiger partial charge >= 0.3 is 0 Å². The molecule has 0 aliphatic rings. The Kier molecular flexibility index (Phi) is 4.64. The lowest BCUT2D eigenvalue weighted by Crippen LogP contribution is -2.16. The van der Waals surface area contributed by atoms with Gasteiger partial charge in [-0.2, -0.15) is 0 Å². The quantitative estimate of drug-likeness (QED) is 0.829. The molecule has 2 aromatic rings. The minimum absolute atomic E-state index is 0.106. The number of pyridine rings is 1. The highest BCUT2D eigenvalue weighted by Gasteiger charge is 2.13. The average molecular weight is 283 g/mol. The number of rotatable bonds is 2. The number of nitrogens with two attached hydrogens (primary N) is 1. The van der Waals surface area contributed by atoms with E-state index < -0.39 is 11.7 Å². The highest BCUT2D eigenvalue weighted by atomic mass is 19.1. The number of carbonyl (C=O) groups is 1. The highest BCUT2D eigenvalue weighted by Crippen LogP contribution is 2.16. The van der Waals surface area contributed by atoms with Crippen molar-refractivity contribution in [3.63, 3.8) is 0 Å². The molecule has 1 heterocycles. The molecule has 0 aliphatic carbocycles. The third-order valence-electron chi connectivity index (χ3n) is 2.72. The summed E-state index contributed by atoms with van der Waals surface area (Å²) in [6, 6.07) is 7.91. The zero-order valence-corrected chi connectivity index (χ0v) is 11.5. The minimum atomic E-state index is -0.514. The van der Waals surface area contributed by atoms with Crippen LogP contribution in [0.25, 0.3) is 0 Å². The van der Waals surface area contributed by atoms with Gasteiger partial charge in [0.05, 0.1) is 17.8 Å². The predicted octanol–water partition coefficient (Wildman–Crippen LogP) is 2.09. The van der Waals surface area contributed by atoms with Crippen molar-refractivity contribution in [2.75, 3.05) is 11.9 Å². The van der Waals surface area contributed by atoms with Gasteiger partial charge < -0.3 is 11.1 Å². The Bertz CT molecular complexity index is 732. The van der Waals surface area contributed by atoms with Gasteiger partial charge in [0, 0.05) is 6.20 Å². The van der Waals surface area contributed by atoms with E-state index >= 15 is 0 Å². The summed E-state index contributed by atoms with van der Waals surface area (Å²) in [5.41, 5.74) is 6.79. The lowest BCUT2D eigenvalue weighted by atomic mass is 10.1. The molecular weight excluding hydrogens is 269 g/mol. The first-order valence-electron chi connectivity index (χ1n) is 6.33. The molecule has 0 unspecified atom stereocenters. The normalized spacial score (nSPS) is 9.67. The summed E-state index contributed by atoms with van der Waals surface area (Å²) < 4.78 is 13.8. The monoisotopic (exact) mass is 283 g/mol. The van der Waals surface area contributed by atoms with Gasteiger partial charge in [-0.3, -0.25) is 4.79 Å². The van der Waals surface area contributed by atoms with Crippen LogP contribution in [0.5, 0.6) is 0 Å². The lowest BCUT2D eigenvalue weighted by molar-refractivity contribution is 0.102. The van der Waals surface area contributed by atoms with Gasteiger partial charge in [-0.05, 0) is 36.8 Å². The number of benzene rings is 1. The van der Waals surface area contributed by atoms with E-state index in [0.29, 0.717) is 5.56 Å². The fourth-order valence-corrected chi connectivity index (χ4v) is 1.74. The molecule has 0 saturated heterocycles. The number of nitrogens with zero attached hydrogens (tertiary/aromatic N) is 1. The standard InChI is InChI=1S/C16H14FN3O/c1-11-6-7-14(13(17)10-11)20-16(21)15-12(4-2-8-18)5-3-9-19-15/h3,5-7,9-10H,8,18H2,1H3,(H,20,21). The van der Waals surface area contributed by atoms with E-state index in [9.17, 15) is 9.18 Å². The van der Waals surface area contributed by atoms with Crippen LogP contribution in [0.1, 0.15) is 21.6 Å². The van der Waals surface area contributed by atoms with Crippen molar-refractivity contribution in [1.29, 1.82) is 0 Å². The Hall–Kier alpha value is -2.71. The molecule has 106 valence electrons. The van der Waals surface area contributed by atoms with Crippen LogP contribution in [0.2, 0.25) is 0 Å². The molecule has 1 aromatic carbocycles. The number of hydrogen-bond donors (Lipinski definition) is 2. The number of aryl methyl sites for hydroxylation is 1. The number of aromatic nitrogens is 1. The summed E-state index contributed by atoms with van der Waals surface area (Å²) in [4.78, 5) is 16.2. The molecule has 0 atom stereocenters. The molecule has 21 heavy (non-hydrogen) atoms. The van der Waals surface area contributed by atoms with Gasteiger partial charge in [0.2, 0.25) is 0 Å². The maximum atomic E-state index is 13.8. The van der Waals surface area contributed by atoms with Crippen molar-refractivity contribution in [3.05, 3.63) is 59.2 Å². The Balaban J connectivity index is 2.28. The van der Waals surface area contributed by atoms with Gasteiger partial charge in [-0.25, -0.2) is 9.37 Å². The van der Waals surface area contributed by atoms with Gasteiger partial charge in [0.15, 0.2) is 0 Å². The number of halogens is 1. The van der Waals surface area contributed by atoms with Crippen LogP contribution < -0.4 is 11.1 Å². The number of nitrogens with one attached hydrogen (secondary N) is 1. The van der Waals surface area contributed by atoms with E-state index in [0.717, 1.165) is 5.56 Å². The number of anilines is 1. The first-order chi connectivity index (χ1) is 10.1. The predicted molar refractivity (Wildman–Crippen MR) is 79.3 cm³/mol. The molecule has 5 heteroatoms. The largest absolute Gasteiger partial charge is 0.320 e. The van der Waals surface area contributed by atoms with E-state index in [1.807, 2.05) is 0 Å². The molecule has 4 nitrogen and oxygen atoms in total. The molecule has 1 amide bonds. The third kappa shape index (κ3) is 3.65. The Labute approximate surface area is 122 Å². The molecule has 0 aliphatic heterocycles. The van der Waals surface area contributed by atoms with E-state index in [1.165, 1.54) is 18.3 Å². The second-order valence-corrected chi connectivity index (χ2v) is 4.34. The maximum absolute atomic E-state index is 13.8. The molecule has 0 bridgehead atoms. The summed E-state index contributed by atoms with van der Waals surface area (Å²) in [6.45, 7) is 1.95. The van der Waals surface area contributed by atoms with Crippen molar-refractivity contribution in [3.8, 4) is 11.8 Å². The molecule has 2 rings (SSSR count). The van der Waals surface area contributed by atoms with E-state index in [2.05, 4.69) is 22.1 Å². The number of carbonyl (C=O) groups excluding carboxylic acids is 1. The molecule has 0 spiro atoms. The van der Waals surface area contributed by atoms with E-state index in [-0.39, 0.29) is 17.9 Å². The molecule has 0 fully saturated rings. The van der Waals surface area contributed by atoms with Crippen LogP contribution >= 0.6 is 0 Å². The van der Waals surface area contributed by atoms with Gasteiger partial charge in [-0.15, -0.1) is 0 Å². The first kappa shape index (κ1) is 14.7. The summed E-state index contributed by atoms with van der Waals surface area (Å²) in [5, 5.41) is 2.50. The van der Waals surface area contributed by atoms with Gasteiger partial charge in [0.25, 0.3) is 5.91 Å². The third-order valence-corrected chi connectivity index (χ3v) is 2.72. The smallest absolute Gasteiger partial charge is 0.275 e. The van der Waals surface area contributed by atoms with E-state index in [4.69, 9.17) is 5.73 Å². The summed E-state index contributed by atoms with van der Waals surface area (Å²) in [6.07, 6.45) is 1.48. The van der Waals surface area contributed by atoms with Crippen LogP contribution in [-0.2, 0) is 0 Å². The second kappa shape index (κ2) is 6.64. The van der Waals surface area contributed by atoms with Crippen LogP contribution in [0.4, 0.5) is 10.1 Å². The van der Waals surface area contributed by atoms with Crippen molar-refractivity contribution >= 4 is 11.6 Å². The van der Waals surface area contributed by atoms with Crippen molar-refractivity contribution in [2.45, 2.75) is 6.92 Å². The van der Waals surface area contributed by atoms with Crippen molar-refractivity contribution in [2.24, 2.45) is 5.73 Å². The summed E-state index contributed by atoms with van der Waals surface area (Å²) in [5.74, 6) is 4.43. The topological polar surface area (TPSA) is 68.0 Å². The van der Waals surface area contributed by atoms with Gasteiger partial charge in [-0.1, -0.05) is 17.9 Å². The molecule has 1 aromatic heterocycles. The second-order valence-electron chi connectivity index (χ2n) is 4.34. The Morgan fingerprint density at radius 3 is 2.95 bits per heavy atom. The van der Waals surface area contributed by atoms with E-state index in [1.54, 1.807) is 25.1 Å². The average Bonchev–Trinajstić information content (AvgIpc) is 2.48. The SMILES string of the molecule is Cc1ccc(NC(=O)c2ncccc2C#CCN)c(F)c1. The van der Waals surface area contributed by atoms with Crippen LogP contribution in [0.15, 0.2) is 36.5 Å². The molecule has 0 saturated carbocycles. The molecule has 0 radical (unpaired) electrons. The van der Waals surface area contributed by atoms with Crippen molar-refractivity contribution in [1.82, 2.24) is 4.98 Å². The van der Waals surface area contributed by atoms with Crippen LogP contribution in [0, 0.1) is 24.6 Å². The Morgan fingerprint density at radius 2 is 2.24 bits per heavy atom. The van der Waals surface area contributed by atoms with Gasteiger partial charge in [0.1, 0.15) is 11.5 Å². The summed E-state index contributed by atoms with van der Waals surface area (Å²) in [7, 11) is 0. The lowest BCUT2D eigenvalue weighted by Gasteiger charge is -2.07. The van der Waals surface area contributed by atoms with Crippen LogP contribution in [0.3, 0.4) is 0 Å². The number of hydrogen-bond acceptors (Lipinski definition) is 3. The fraction of sp³-hybridized carbons (Fsp3) is 0.125.